The molecule has 0 aliphatic rings. The van der Waals surface area contributed by atoms with E-state index in [1.54, 1.807) is 0 Å². The van der Waals surface area contributed by atoms with Gasteiger partial charge in [0.25, 0.3) is 0 Å². The van der Waals surface area contributed by atoms with E-state index in [1.807, 2.05) is 0 Å². The summed E-state index contributed by atoms with van der Waals surface area (Å²) in [5, 5.41) is 0. The summed E-state index contributed by atoms with van der Waals surface area (Å²) in [4.78, 5) is 38.3. The summed E-state index contributed by atoms with van der Waals surface area (Å²) in [7, 11) is 0. The van der Waals surface area contributed by atoms with E-state index >= 15 is 0 Å². The monoisotopic (exact) mass is 1020 g/mol. The maximum absolute atomic E-state index is 12.9. The molecule has 1 unspecified atom stereocenters. The van der Waals surface area contributed by atoms with Crippen LogP contribution >= 0.6 is 0 Å². The second kappa shape index (κ2) is 61.9. The van der Waals surface area contributed by atoms with Crippen LogP contribution in [0.2, 0.25) is 0 Å². The first kappa shape index (κ1) is 70.4. The summed E-state index contributed by atoms with van der Waals surface area (Å²) in [6.07, 6.45) is 76.8. The van der Waals surface area contributed by atoms with E-state index in [-0.39, 0.29) is 31.1 Å². The van der Waals surface area contributed by atoms with Gasteiger partial charge in [0.05, 0.1) is 0 Å². The highest BCUT2D eigenvalue weighted by Gasteiger charge is 2.19. The van der Waals surface area contributed by atoms with Crippen LogP contribution in [-0.4, -0.2) is 37.2 Å². The lowest BCUT2D eigenvalue weighted by Gasteiger charge is -2.18. The van der Waals surface area contributed by atoms with E-state index in [9.17, 15) is 14.4 Å². The molecule has 0 N–H and O–H groups in total. The van der Waals surface area contributed by atoms with Gasteiger partial charge < -0.3 is 14.2 Å². The molecule has 0 saturated carbocycles. The number of rotatable bonds is 59. The molecule has 0 aromatic rings. The minimum Gasteiger partial charge on any atom is -0.462 e. The summed E-state index contributed by atoms with van der Waals surface area (Å²) in [6.45, 7) is 6.63. The lowest BCUT2D eigenvalue weighted by molar-refractivity contribution is -0.167. The number of esters is 3. The minimum atomic E-state index is -0.780. The zero-order valence-electron chi connectivity index (χ0n) is 48.9. The highest BCUT2D eigenvalue weighted by molar-refractivity contribution is 5.71. The molecule has 73 heavy (non-hydrogen) atoms. The molecule has 0 bridgehead atoms. The average molecular weight is 1020 g/mol. The van der Waals surface area contributed by atoms with Crippen molar-refractivity contribution in [3.05, 3.63) is 48.6 Å². The lowest BCUT2D eigenvalue weighted by Crippen LogP contribution is -2.30. The molecule has 0 radical (unpaired) electrons. The SMILES string of the molecule is CCCCC/C=C\C/C=C\CCCCCCCCCC(=O)OCC(COC(=O)CCCCCCCCCCCCCCCCCCCCCCC)OC(=O)CCCCCCCCC/C=C\C/C=C\CCCCC. The average Bonchev–Trinajstić information content (AvgIpc) is 3.39. The maximum atomic E-state index is 12.9. The number of carbonyl (C=O) groups excluding carboxylic acids is 3. The number of ether oxygens (including phenoxy) is 3. The number of carbonyl (C=O) groups is 3. The molecule has 0 saturated heterocycles. The quantitative estimate of drug-likeness (QED) is 0.0261. The zero-order valence-corrected chi connectivity index (χ0v) is 48.9. The fourth-order valence-electron chi connectivity index (χ4n) is 9.45. The van der Waals surface area contributed by atoms with Crippen molar-refractivity contribution in [3.63, 3.8) is 0 Å². The molecule has 1 atom stereocenters. The van der Waals surface area contributed by atoms with Crippen molar-refractivity contribution in [1.82, 2.24) is 0 Å². The Morgan fingerprint density at radius 2 is 0.493 bits per heavy atom. The summed E-state index contributed by atoms with van der Waals surface area (Å²) < 4.78 is 16.9. The van der Waals surface area contributed by atoms with E-state index in [0.717, 1.165) is 83.5 Å². The molecule has 0 spiro atoms. The van der Waals surface area contributed by atoms with Gasteiger partial charge >= 0.3 is 17.9 Å². The second-order valence-electron chi connectivity index (χ2n) is 21.7. The Morgan fingerprint density at radius 1 is 0.274 bits per heavy atom. The van der Waals surface area contributed by atoms with Crippen molar-refractivity contribution in [3.8, 4) is 0 Å². The normalized spacial score (nSPS) is 12.3. The predicted octanol–water partition coefficient (Wildman–Crippen LogP) is 21.8. The van der Waals surface area contributed by atoms with E-state index in [1.165, 1.54) is 218 Å². The van der Waals surface area contributed by atoms with E-state index < -0.39 is 6.10 Å². The van der Waals surface area contributed by atoms with Crippen molar-refractivity contribution in [2.45, 2.75) is 348 Å². The molecule has 0 heterocycles. The van der Waals surface area contributed by atoms with Crippen molar-refractivity contribution < 1.29 is 28.6 Å². The third-order valence-electron chi connectivity index (χ3n) is 14.3. The van der Waals surface area contributed by atoms with Crippen LogP contribution in [0.5, 0.6) is 0 Å². The van der Waals surface area contributed by atoms with Crippen LogP contribution in [0, 0.1) is 0 Å². The molecule has 426 valence electrons. The Bertz CT molecular complexity index is 1270. The fraction of sp³-hybridized carbons (Fsp3) is 0.836. The van der Waals surface area contributed by atoms with Crippen molar-refractivity contribution in [2.24, 2.45) is 0 Å². The van der Waals surface area contributed by atoms with Gasteiger partial charge in [-0.15, -0.1) is 0 Å². The van der Waals surface area contributed by atoms with Crippen molar-refractivity contribution in [1.29, 1.82) is 0 Å². The maximum Gasteiger partial charge on any atom is 0.306 e. The molecule has 0 fully saturated rings. The Labute approximate surface area is 454 Å². The van der Waals surface area contributed by atoms with Gasteiger partial charge in [-0.1, -0.05) is 288 Å². The van der Waals surface area contributed by atoms with Gasteiger partial charge in [-0.3, -0.25) is 14.4 Å². The number of hydrogen-bond donors (Lipinski definition) is 0. The standard InChI is InChI=1S/C67H122O6/c1-4-7-10-13-16-19-22-25-28-31-32-33-34-37-39-42-45-48-51-54-57-60-66(69)72-63-64(73-67(70)61-58-55-52-49-46-43-40-36-30-27-24-21-18-15-12-9-6-3)62-71-65(68)59-56-53-50-47-44-41-38-35-29-26-23-20-17-14-11-8-5-2/h17-18,20-21,26-27,29-30,64H,4-16,19,22-25,28,31-63H2,1-3H3/b20-17-,21-18-,29-26-,30-27-. The van der Waals surface area contributed by atoms with Crippen LogP contribution < -0.4 is 0 Å². The molecule has 0 rings (SSSR count). The Hall–Kier alpha value is -2.63. The number of unbranched alkanes of at least 4 members (excludes halogenated alkanes) is 40. The second-order valence-corrected chi connectivity index (χ2v) is 21.7. The van der Waals surface area contributed by atoms with Gasteiger partial charge in [0.15, 0.2) is 6.10 Å². The van der Waals surface area contributed by atoms with Gasteiger partial charge in [0, 0.05) is 19.3 Å². The van der Waals surface area contributed by atoms with Crippen LogP contribution in [0.3, 0.4) is 0 Å². The van der Waals surface area contributed by atoms with Crippen LogP contribution in [0.25, 0.3) is 0 Å². The topological polar surface area (TPSA) is 78.9 Å². The highest BCUT2D eigenvalue weighted by Crippen LogP contribution is 2.17. The molecule has 0 amide bonds. The van der Waals surface area contributed by atoms with E-state index in [0.29, 0.717) is 19.3 Å². The first-order valence-corrected chi connectivity index (χ1v) is 32.1. The largest absolute Gasteiger partial charge is 0.462 e. The molecule has 6 heteroatoms. The van der Waals surface area contributed by atoms with Gasteiger partial charge in [-0.25, -0.2) is 0 Å². The highest BCUT2D eigenvalue weighted by atomic mass is 16.6. The predicted molar refractivity (Wildman–Crippen MR) is 316 cm³/mol. The minimum absolute atomic E-state index is 0.0754. The first-order chi connectivity index (χ1) is 36.0. The van der Waals surface area contributed by atoms with Crippen LogP contribution in [0.4, 0.5) is 0 Å². The van der Waals surface area contributed by atoms with Gasteiger partial charge in [0.1, 0.15) is 13.2 Å². The van der Waals surface area contributed by atoms with Gasteiger partial charge in [-0.2, -0.15) is 0 Å². The summed E-state index contributed by atoms with van der Waals surface area (Å²) in [6, 6.07) is 0. The molecule has 6 nitrogen and oxygen atoms in total. The third kappa shape index (κ3) is 60.1. The number of hydrogen-bond acceptors (Lipinski definition) is 6. The summed E-state index contributed by atoms with van der Waals surface area (Å²) in [5.74, 6) is -0.870. The van der Waals surface area contributed by atoms with Gasteiger partial charge in [0.2, 0.25) is 0 Å². The fourth-order valence-corrected chi connectivity index (χ4v) is 9.45. The lowest BCUT2D eigenvalue weighted by atomic mass is 10.0. The smallest absolute Gasteiger partial charge is 0.306 e. The van der Waals surface area contributed by atoms with E-state index in [4.69, 9.17) is 14.2 Å². The molecule has 0 aliphatic heterocycles. The molecule has 0 aliphatic carbocycles. The molecule has 0 aromatic heterocycles. The van der Waals surface area contributed by atoms with Crippen LogP contribution in [0.1, 0.15) is 342 Å². The number of allylic oxidation sites excluding steroid dienone is 8. The molecule has 0 aromatic carbocycles. The Kier molecular flexibility index (Phi) is 59.7. The van der Waals surface area contributed by atoms with E-state index in [2.05, 4.69) is 69.4 Å². The Morgan fingerprint density at radius 3 is 0.781 bits per heavy atom. The molecular formula is C67H122O6. The first-order valence-electron chi connectivity index (χ1n) is 32.1. The molecular weight excluding hydrogens is 901 g/mol. The summed E-state index contributed by atoms with van der Waals surface area (Å²) >= 11 is 0. The Balaban J connectivity index is 4.34. The third-order valence-corrected chi connectivity index (χ3v) is 14.3. The van der Waals surface area contributed by atoms with Crippen molar-refractivity contribution >= 4 is 17.9 Å². The van der Waals surface area contributed by atoms with Crippen molar-refractivity contribution in [2.75, 3.05) is 13.2 Å². The zero-order chi connectivity index (χ0) is 52.9. The summed E-state index contributed by atoms with van der Waals surface area (Å²) in [5.41, 5.74) is 0. The van der Waals surface area contributed by atoms with Crippen LogP contribution in [-0.2, 0) is 28.6 Å². The van der Waals surface area contributed by atoms with Gasteiger partial charge in [-0.05, 0) is 83.5 Å². The van der Waals surface area contributed by atoms with Crippen LogP contribution in [0.15, 0.2) is 48.6 Å².